The molecule has 0 rings (SSSR count). The topological polar surface area (TPSA) is 52.6 Å². The lowest BCUT2D eigenvalue weighted by Gasteiger charge is -1.99. The van der Waals surface area contributed by atoms with Gasteiger partial charge in [0.05, 0.1) is 0 Å². The lowest BCUT2D eigenvalue weighted by Crippen LogP contribution is -2.12. The van der Waals surface area contributed by atoms with Gasteiger partial charge in [0.1, 0.15) is 6.42 Å². The number of carbonyl (C=O) groups is 2. The van der Waals surface area contributed by atoms with E-state index >= 15 is 0 Å². The van der Waals surface area contributed by atoms with Gasteiger partial charge in [0.15, 0.2) is 12.1 Å². The maximum Gasteiger partial charge on any atom is 0.318 e. The minimum atomic E-state index is -0.727. The van der Waals surface area contributed by atoms with Crippen LogP contribution in [0, 0.1) is 0 Å². The fourth-order valence-electron chi connectivity index (χ4n) is 0.342. The number of hydrogen-bond acceptors (Lipinski definition) is 4. The molecule has 0 aromatic heterocycles. The summed E-state index contributed by atoms with van der Waals surface area (Å²) in [6, 6.07) is -0.542. The van der Waals surface area contributed by atoms with Crippen molar-refractivity contribution in [1.29, 1.82) is 0 Å². The van der Waals surface area contributed by atoms with Crippen molar-refractivity contribution in [2.45, 2.75) is 6.42 Å². The van der Waals surface area contributed by atoms with Crippen LogP contribution in [0.25, 0.3) is 0 Å². The molecule has 0 N–H and O–H groups in total. The molecule has 0 fully saturated rings. The highest BCUT2D eigenvalue weighted by Gasteiger charge is 2.10. The van der Waals surface area contributed by atoms with Gasteiger partial charge in [-0.15, -0.1) is 0 Å². The van der Waals surface area contributed by atoms with E-state index in [0.29, 0.717) is 0 Å². The third-order valence-corrected chi connectivity index (χ3v) is 0.938. The van der Waals surface area contributed by atoms with Crippen molar-refractivity contribution in [3.63, 3.8) is 0 Å². The summed E-state index contributed by atoms with van der Waals surface area (Å²) in [5, 5.41) is 0. The molecule has 0 bridgehead atoms. The quantitative estimate of drug-likeness (QED) is 0.384. The van der Waals surface area contributed by atoms with Crippen LogP contribution in [-0.4, -0.2) is 24.1 Å². The van der Waals surface area contributed by atoms with Crippen molar-refractivity contribution in [2.75, 3.05) is 12.1 Å². The van der Waals surface area contributed by atoms with Crippen LogP contribution in [0.4, 0.5) is 0 Å². The van der Waals surface area contributed by atoms with Crippen LogP contribution in [0.15, 0.2) is 0 Å². The van der Waals surface area contributed by atoms with Crippen LogP contribution in [0.3, 0.4) is 0 Å². The van der Waals surface area contributed by atoms with Gasteiger partial charge < -0.3 is 9.47 Å². The Morgan fingerprint density at radius 3 is 1.64 bits per heavy atom. The highest BCUT2D eigenvalue weighted by Crippen LogP contribution is 1.92. The van der Waals surface area contributed by atoms with Gasteiger partial charge in [0, 0.05) is 0 Å². The third-order valence-electron chi connectivity index (χ3n) is 0.720. The molecule has 0 aliphatic heterocycles. The minimum Gasteiger partial charge on any atom is -0.449 e. The van der Waals surface area contributed by atoms with E-state index in [-0.39, 0.29) is 12.1 Å². The molecule has 0 aromatic carbocycles. The number of ether oxygens (including phenoxy) is 2. The van der Waals surface area contributed by atoms with Gasteiger partial charge in [-0.1, -0.05) is 23.2 Å². The molecule has 0 radical (unpaired) electrons. The Balaban J connectivity index is 3.49. The van der Waals surface area contributed by atoms with Crippen LogP contribution in [-0.2, 0) is 19.1 Å². The molecule has 0 spiro atoms. The summed E-state index contributed by atoms with van der Waals surface area (Å²) in [4.78, 5) is 21.0. The van der Waals surface area contributed by atoms with E-state index in [4.69, 9.17) is 23.2 Å². The molecule has 0 aromatic rings. The molecule has 0 aliphatic rings. The fourth-order valence-corrected chi connectivity index (χ4v) is 0.585. The van der Waals surface area contributed by atoms with Crippen LogP contribution in [0.1, 0.15) is 6.42 Å². The van der Waals surface area contributed by atoms with Gasteiger partial charge in [-0.2, -0.15) is 0 Å². The molecule has 0 heterocycles. The van der Waals surface area contributed by atoms with Gasteiger partial charge >= 0.3 is 11.9 Å². The Hall–Kier alpha value is -0.480. The molecule has 0 aliphatic carbocycles. The van der Waals surface area contributed by atoms with Gasteiger partial charge in [-0.3, -0.25) is 9.59 Å². The number of halogens is 2. The summed E-state index contributed by atoms with van der Waals surface area (Å²) in [6.45, 7) is 0. The maximum atomic E-state index is 10.5. The third kappa shape index (κ3) is 5.94. The van der Waals surface area contributed by atoms with E-state index in [0.717, 1.165) is 0 Å². The highest BCUT2D eigenvalue weighted by atomic mass is 35.5. The standard InChI is InChI=1S/C5H6Cl2O4/c6-2-10-4(8)1-5(9)11-3-7/h1-3H2. The Labute approximate surface area is 73.4 Å². The van der Waals surface area contributed by atoms with Crippen molar-refractivity contribution in [3.05, 3.63) is 0 Å². The summed E-state index contributed by atoms with van der Waals surface area (Å²) in [5.41, 5.74) is 0. The first kappa shape index (κ1) is 10.5. The van der Waals surface area contributed by atoms with Crippen LogP contribution in [0.5, 0.6) is 0 Å². The monoisotopic (exact) mass is 200 g/mol. The van der Waals surface area contributed by atoms with E-state index < -0.39 is 18.4 Å². The lowest BCUT2D eigenvalue weighted by atomic mass is 10.4. The van der Waals surface area contributed by atoms with E-state index in [2.05, 4.69) is 9.47 Å². The van der Waals surface area contributed by atoms with Crippen molar-refractivity contribution in [3.8, 4) is 0 Å². The summed E-state index contributed by atoms with van der Waals surface area (Å²) in [5.74, 6) is -1.45. The highest BCUT2D eigenvalue weighted by molar-refractivity contribution is 6.18. The lowest BCUT2D eigenvalue weighted by molar-refractivity contribution is -0.152. The van der Waals surface area contributed by atoms with Crippen LogP contribution in [0.2, 0.25) is 0 Å². The largest absolute Gasteiger partial charge is 0.449 e. The molecule has 0 atom stereocenters. The SMILES string of the molecule is O=C(CC(=O)OCCl)OCCl. The van der Waals surface area contributed by atoms with Crippen LogP contribution < -0.4 is 0 Å². The van der Waals surface area contributed by atoms with E-state index in [1.54, 1.807) is 0 Å². The van der Waals surface area contributed by atoms with Crippen molar-refractivity contribution < 1.29 is 19.1 Å². The number of carbonyl (C=O) groups excluding carboxylic acids is 2. The Morgan fingerprint density at radius 2 is 1.36 bits per heavy atom. The van der Waals surface area contributed by atoms with Gasteiger partial charge in [-0.05, 0) is 0 Å². The smallest absolute Gasteiger partial charge is 0.318 e. The Kier molecular flexibility index (Phi) is 5.97. The minimum absolute atomic E-state index is 0.271. The second kappa shape index (κ2) is 6.24. The first-order chi connectivity index (χ1) is 5.20. The van der Waals surface area contributed by atoms with Crippen molar-refractivity contribution in [2.24, 2.45) is 0 Å². The first-order valence-electron chi connectivity index (χ1n) is 2.64. The number of rotatable bonds is 4. The molecule has 0 amide bonds. The summed E-state index contributed by atoms with van der Waals surface area (Å²) >= 11 is 10.1. The Bertz CT molecular complexity index is 131. The molecule has 64 valence electrons. The second-order valence-electron chi connectivity index (χ2n) is 1.43. The molecule has 0 saturated heterocycles. The van der Waals surface area contributed by atoms with E-state index in [9.17, 15) is 9.59 Å². The van der Waals surface area contributed by atoms with Crippen molar-refractivity contribution >= 4 is 35.1 Å². The van der Waals surface area contributed by atoms with Gasteiger partial charge in [0.2, 0.25) is 0 Å². The van der Waals surface area contributed by atoms with Gasteiger partial charge in [0.25, 0.3) is 0 Å². The average molecular weight is 201 g/mol. The van der Waals surface area contributed by atoms with Crippen LogP contribution >= 0.6 is 23.2 Å². The average Bonchev–Trinajstić information content (AvgIpc) is 1.87. The van der Waals surface area contributed by atoms with E-state index in [1.165, 1.54) is 0 Å². The molecule has 4 nitrogen and oxygen atoms in total. The van der Waals surface area contributed by atoms with Gasteiger partial charge in [-0.25, -0.2) is 0 Å². The van der Waals surface area contributed by atoms with E-state index in [1.807, 2.05) is 0 Å². The fraction of sp³-hybridized carbons (Fsp3) is 0.600. The summed E-state index contributed by atoms with van der Waals surface area (Å²) in [6.07, 6.45) is -0.459. The predicted molar refractivity (Wildman–Crippen MR) is 38.2 cm³/mol. The summed E-state index contributed by atoms with van der Waals surface area (Å²) < 4.78 is 8.48. The maximum absolute atomic E-state index is 10.5. The first-order valence-corrected chi connectivity index (χ1v) is 3.70. The van der Waals surface area contributed by atoms with Crippen molar-refractivity contribution in [1.82, 2.24) is 0 Å². The molecule has 11 heavy (non-hydrogen) atoms. The zero-order chi connectivity index (χ0) is 8.69. The molecule has 6 heteroatoms. The number of alkyl halides is 2. The number of hydrogen-bond donors (Lipinski definition) is 0. The second-order valence-corrected chi connectivity index (χ2v) is 1.86. The Morgan fingerprint density at radius 1 is 1.00 bits per heavy atom. The molecular formula is C5H6Cl2O4. The molecular weight excluding hydrogens is 195 g/mol. The zero-order valence-corrected chi connectivity index (χ0v) is 7.02. The molecule has 0 saturated carbocycles. The predicted octanol–water partition coefficient (Wildman–Crippen LogP) is 0.855. The summed E-state index contributed by atoms with van der Waals surface area (Å²) in [7, 11) is 0. The zero-order valence-electron chi connectivity index (χ0n) is 5.51. The number of esters is 2. The normalized spacial score (nSPS) is 8.91. The molecule has 0 unspecified atom stereocenters.